The van der Waals surface area contributed by atoms with Crippen molar-refractivity contribution in [2.75, 3.05) is 0 Å². The summed E-state index contributed by atoms with van der Waals surface area (Å²) in [4.78, 5) is 22.5. The van der Waals surface area contributed by atoms with Gasteiger partial charge in [0.15, 0.2) is 5.78 Å². The van der Waals surface area contributed by atoms with Crippen molar-refractivity contribution < 1.29 is 14.7 Å². The number of aliphatic hydroxyl groups excluding tert-OH is 1. The van der Waals surface area contributed by atoms with Gasteiger partial charge >= 0.3 is 0 Å². The quantitative estimate of drug-likeness (QED) is 0.494. The number of ketones is 1. The monoisotopic (exact) mass is 194 g/mol. The van der Waals surface area contributed by atoms with Crippen molar-refractivity contribution in [2.45, 2.75) is 25.4 Å². The minimum absolute atomic E-state index is 0.136. The van der Waals surface area contributed by atoms with Crippen LogP contribution >= 0.6 is 0 Å². The van der Waals surface area contributed by atoms with Gasteiger partial charge in [-0.2, -0.15) is 0 Å². The van der Waals surface area contributed by atoms with Crippen LogP contribution in [-0.2, 0) is 9.59 Å². The van der Waals surface area contributed by atoms with Gasteiger partial charge in [0.05, 0.1) is 0 Å². The van der Waals surface area contributed by atoms with Crippen LogP contribution in [0.2, 0.25) is 0 Å². The van der Waals surface area contributed by atoms with Gasteiger partial charge in [-0.25, -0.2) is 0 Å². The molecule has 0 radical (unpaired) electrons. The first-order valence-electron chi connectivity index (χ1n) is 5.08. The summed E-state index contributed by atoms with van der Waals surface area (Å²) in [7, 11) is 0. The molecule has 2 rings (SSSR count). The Hall–Kier alpha value is -0.960. The van der Waals surface area contributed by atoms with Gasteiger partial charge in [0.1, 0.15) is 12.4 Å². The van der Waals surface area contributed by atoms with Crippen molar-refractivity contribution in [1.29, 1.82) is 0 Å². The maximum Gasteiger partial charge on any atom is 0.165 e. The number of aldehydes is 1. The van der Waals surface area contributed by atoms with E-state index in [1.54, 1.807) is 0 Å². The van der Waals surface area contributed by atoms with E-state index >= 15 is 0 Å². The summed E-state index contributed by atoms with van der Waals surface area (Å²) < 4.78 is 0. The van der Waals surface area contributed by atoms with E-state index in [0.29, 0.717) is 12.8 Å². The Morgan fingerprint density at radius 2 is 2.21 bits per heavy atom. The lowest BCUT2D eigenvalue weighted by Crippen LogP contribution is -2.43. The summed E-state index contributed by atoms with van der Waals surface area (Å²) >= 11 is 0. The molecule has 0 bridgehead atoms. The normalized spacial score (nSPS) is 41.9. The Balaban J connectivity index is 2.25. The molecule has 0 aromatic heterocycles. The molecule has 0 amide bonds. The Labute approximate surface area is 82.8 Å². The Morgan fingerprint density at radius 3 is 2.93 bits per heavy atom. The van der Waals surface area contributed by atoms with Gasteiger partial charge in [0.25, 0.3) is 0 Å². The number of hydrogen-bond donors (Lipinski definition) is 1. The van der Waals surface area contributed by atoms with Crippen molar-refractivity contribution >= 4 is 12.1 Å². The van der Waals surface area contributed by atoms with Gasteiger partial charge in [-0.15, -0.1) is 0 Å². The molecule has 4 atom stereocenters. The lowest BCUT2D eigenvalue weighted by Gasteiger charge is -2.36. The molecular weight excluding hydrogens is 180 g/mol. The maximum absolute atomic E-state index is 11.7. The van der Waals surface area contributed by atoms with Crippen LogP contribution in [0.15, 0.2) is 12.2 Å². The van der Waals surface area contributed by atoms with Crippen molar-refractivity contribution in [3.63, 3.8) is 0 Å². The predicted octanol–water partition coefficient (Wildman–Crippen LogP) is 0.718. The van der Waals surface area contributed by atoms with E-state index in [1.807, 2.05) is 12.2 Å². The zero-order chi connectivity index (χ0) is 10.1. The average molecular weight is 194 g/mol. The van der Waals surface area contributed by atoms with Crippen molar-refractivity contribution in [3.8, 4) is 0 Å². The number of allylic oxidation sites excluding steroid dienone is 2. The molecule has 0 aliphatic heterocycles. The van der Waals surface area contributed by atoms with Crippen LogP contribution in [-0.4, -0.2) is 23.3 Å². The van der Waals surface area contributed by atoms with Gasteiger partial charge < -0.3 is 9.90 Å². The molecule has 0 unspecified atom stereocenters. The third-order valence-corrected chi connectivity index (χ3v) is 3.32. The topological polar surface area (TPSA) is 54.4 Å². The molecule has 1 saturated carbocycles. The lowest BCUT2D eigenvalue weighted by atomic mass is 9.67. The first-order valence-corrected chi connectivity index (χ1v) is 5.08. The SMILES string of the molecule is O=C[C@H]1CC=C[C@H]2CC[C@@H](O)C(=O)[C@@H]12. The Bertz CT molecular complexity index is 282. The molecule has 0 aromatic carbocycles. The molecule has 76 valence electrons. The highest BCUT2D eigenvalue weighted by Gasteiger charge is 2.41. The summed E-state index contributed by atoms with van der Waals surface area (Å²) in [5, 5.41) is 9.44. The Kier molecular flexibility index (Phi) is 2.50. The van der Waals surface area contributed by atoms with Crippen molar-refractivity contribution in [2.24, 2.45) is 17.8 Å². The number of carbonyl (C=O) groups is 2. The van der Waals surface area contributed by atoms with Crippen LogP contribution in [0.1, 0.15) is 19.3 Å². The standard InChI is InChI=1S/C11H14O3/c12-6-8-3-1-2-7-4-5-9(13)11(14)10(7)8/h1-2,6-10,13H,3-5H2/t7-,8+,9+,10+/m0/s1. The fraction of sp³-hybridized carbons (Fsp3) is 0.636. The summed E-state index contributed by atoms with van der Waals surface area (Å²) in [6, 6.07) is 0. The third-order valence-electron chi connectivity index (χ3n) is 3.32. The van der Waals surface area contributed by atoms with Gasteiger partial charge in [0, 0.05) is 11.8 Å². The van der Waals surface area contributed by atoms with E-state index in [9.17, 15) is 14.7 Å². The summed E-state index contributed by atoms with van der Waals surface area (Å²) in [6.45, 7) is 0. The van der Waals surface area contributed by atoms with Crippen LogP contribution in [0.3, 0.4) is 0 Å². The van der Waals surface area contributed by atoms with Crippen LogP contribution in [0.25, 0.3) is 0 Å². The van der Waals surface area contributed by atoms with Crippen LogP contribution in [0, 0.1) is 17.8 Å². The number of Topliss-reactive ketones (excluding diaryl/α,β-unsaturated/α-hetero) is 1. The summed E-state index contributed by atoms with van der Waals surface area (Å²) in [5.41, 5.74) is 0. The number of hydrogen-bond acceptors (Lipinski definition) is 3. The molecule has 2 aliphatic carbocycles. The first-order chi connectivity index (χ1) is 6.74. The molecule has 2 aliphatic rings. The lowest BCUT2D eigenvalue weighted by molar-refractivity contribution is -0.140. The fourth-order valence-corrected chi connectivity index (χ4v) is 2.55. The number of aliphatic hydroxyl groups is 1. The second-order valence-electron chi connectivity index (χ2n) is 4.15. The highest BCUT2D eigenvalue weighted by molar-refractivity contribution is 5.89. The largest absolute Gasteiger partial charge is 0.385 e. The molecule has 0 saturated heterocycles. The average Bonchev–Trinajstić information content (AvgIpc) is 2.23. The molecule has 1 fully saturated rings. The fourth-order valence-electron chi connectivity index (χ4n) is 2.55. The maximum atomic E-state index is 11.7. The molecule has 3 heteroatoms. The molecule has 14 heavy (non-hydrogen) atoms. The van der Waals surface area contributed by atoms with E-state index in [0.717, 1.165) is 12.7 Å². The molecule has 0 heterocycles. The molecule has 1 N–H and O–H groups in total. The highest BCUT2D eigenvalue weighted by atomic mass is 16.3. The van der Waals surface area contributed by atoms with Crippen molar-refractivity contribution in [3.05, 3.63) is 12.2 Å². The minimum atomic E-state index is -0.842. The van der Waals surface area contributed by atoms with E-state index in [-0.39, 0.29) is 23.5 Å². The molecule has 0 aromatic rings. The van der Waals surface area contributed by atoms with E-state index in [2.05, 4.69) is 0 Å². The second kappa shape index (κ2) is 3.65. The number of fused-ring (bicyclic) bond motifs is 1. The summed E-state index contributed by atoms with van der Waals surface area (Å²) in [6.07, 6.45) is 6.01. The summed E-state index contributed by atoms with van der Waals surface area (Å²) in [5.74, 6) is -0.439. The predicted molar refractivity (Wildman–Crippen MR) is 50.5 cm³/mol. The van der Waals surface area contributed by atoms with Gasteiger partial charge in [0.2, 0.25) is 0 Å². The smallest absolute Gasteiger partial charge is 0.165 e. The third kappa shape index (κ3) is 1.42. The Morgan fingerprint density at radius 1 is 1.43 bits per heavy atom. The van der Waals surface area contributed by atoms with E-state index < -0.39 is 6.10 Å². The van der Waals surface area contributed by atoms with Crippen LogP contribution in [0.4, 0.5) is 0 Å². The zero-order valence-electron chi connectivity index (χ0n) is 7.93. The molecule has 3 nitrogen and oxygen atoms in total. The first kappa shape index (κ1) is 9.59. The molecule has 0 spiro atoms. The highest BCUT2D eigenvalue weighted by Crippen LogP contribution is 2.37. The second-order valence-corrected chi connectivity index (χ2v) is 4.15. The van der Waals surface area contributed by atoms with E-state index in [1.165, 1.54) is 0 Å². The zero-order valence-corrected chi connectivity index (χ0v) is 7.93. The van der Waals surface area contributed by atoms with Gasteiger partial charge in [-0.3, -0.25) is 4.79 Å². The van der Waals surface area contributed by atoms with Gasteiger partial charge in [-0.05, 0) is 25.2 Å². The van der Waals surface area contributed by atoms with Crippen LogP contribution in [0.5, 0.6) is 0 Å². The van der Waals surface area contributed by atoms with Gasteiger partial charge in [-0.1, -0.05) is 12.2 Å². The van der Waals surface area contributed by atoms with Crippen LogP contribution < -0.4 is 0 Å². The van der Waals surface area contributed by atoms with Crippen molar-refractivity contribution in [1.82, 2.24) is 0 Å². The number of carbonyl (C=O) groups excluding carboxylic acids is 2. The minimum Gasteiger partial charge on any atom is -0.385 e. The number of rotatable bonds is 1. The van der Waals surface area contributed by atoms with E-state index in [4.69, 9.17) is 0 Å². The molecular formula is C11H14O3.